The quantitative estimate of drug-likeness (QED) is 0.514. The van der Waals surface area contributed by atoms with Crippen molar-refractivity contribution in [2.75, 3.05) is 5.32 Å². The number of hydrogen-bond acceptors (Lipinski definition) is 5. The average molecular weight is 426 g/mol. The van der Waals surface area contributed by atoms with Gasteiger partial charge in [-0.05, 0) is 43.3 Å². The summed E-state index contributed by atoms with van der Waals surface area (Å²) in [5.41, 5.74) is 2.68. The lowest BCUT2D eigenvalue weighted by molar-refractivity contribution is -0.117. The van der Waals surface area contributed by atoms with E-state index in [0.717, 1.165) is 28.7 Å². The number of carbonyl (C=O) groups is 1. The van der Waals surface area contributed by atoms with Gasteiger partial charge in [-0.3, -0.25) is 14.2 Å². The molecule has 156 valence electrons. The molecule has 1 aromatic carbocycles. The fourth-order valence-corrected chi connectivity index (χ4v) is 4.36. The van der Waals surface area contributed by atoms with E-state index in [0.29, 0.717) is 22.4 Å². The highest BCUT2D eigenvalue weighted by atomic mass is 32.1. The van der Waals surface area contributed by atoms with E-state index in [1.807, 2.05) is 39.0 Å². The molecule has 9 heteroatoms. The lowest BCUT2D eigenvalue weighted by Crippen LogP contribution is -2.29. The first-order chi connectivity index (χ1) is 14.4. The number of rotatable bonds is 6. The van der Waals surface area contributed by atoms with Gasteiger partial charge in [0.2, 0.25) is 11.7 Å². The van der Waals surface area contributed by atoms with E-state index in [9.17, 15) is 14.4 Å². The van der Waals surface area contributed by atoms with Gasteiger partial charge in [-0.15, -0.1) is 16.4 Å². The molecule has 1 amide bonds. The van der Waals surface area contributed by atoms with Crippen molar-refractivity contribution in [3.63, 3.8) is 0 Å². The molecule has 0 bridgehead atoms. The summed E-state index contributed by atoms with van der Waals surface area (Å²) in [5.74, 6) is -0.0832. The highest BCUT2D eigenvalue weighted by molar-refractivity contribution is 7.17. The van der Waals surface area contributed by atoms with Crippen LogP contribution in [0.1, 0.15) is 30.9 Å². The van der Waals surface area contributed by atoms with Crippen molar-refractivity contribution in [3.8, 4) is 0 Å². The van der Waals surface area contributed by atoms with Gasteiger partial charge in [0, 0.05) is 12.2 Å². The number of unbranched alkanes of at least 4 members (excludes halogenated alkanes) is 1. The van der Waals surface area contributed by atoms with Gasteiger partial charge in [-0.2, -0.15) is 0 Å². The SMILES string of the molecule is CCCCn1c(=O)c2sccc2n2c(=O)n(CC(=O)Nc3ccc(C)cc3C)nc12. The Morgan fingerprint density at radius 2 is 2.00 bits per heavy atom. The van der Waals surface area contributed by atoms with Gasteiger partial charge in [-0.1, -0.05) is 31.0 Å². The van der Waals surface area contributed by atoms with Gasteiger partial charge in [0.25, 0.3) is 5.56 Å². The second-order valence-corrected chi connectivity index (χ2v) is 8.30. The molecule has 0 saturated carbocycles. The first kappa shape index (κ1) is 20.1. The van der Waals surface area contributed by atoms with Crippen molar-refractivity contribution in [1.29, 1.82) is 0 Å². The molecule has 4 aromatic rings. The number of anilines is 1. The Morgan fingerprint density at radius 1 is 1.20 bits per heavy atom. The maximum atomic E-state index is 13.0. The maximum Gasteiger partial charge on any atom is 0.352 e. The van der Waals surface area contributed by atoms with Gasteiger partial charge in [-0.25, -0.2) is 13.9 Å². The van der Waals surface area contributed by atoms with Crippen LogP contribution in [0.5, 0.6) is 0 Å². The maximum absolute atomic E-state index is 13.0. The van der Waals surface area contributed by atoms with E-state index >= 15 is 0 Å². The Bertz CT molecular complexity index is 1380. The Labute approximate surface area is 176 Å². The van der Waals surface area contributed by atoms with Crippen molar-refractivity contribution in [2.24, 2.45) is 0 Å². The molecule has 0 spiro atoms. The minimum Gasteiger partial charge on any atom is -0.324 e. The third-order valence-corrected chi connectivity index (χ3v) is 5.96. The van der Waals surface area contributed by atoms with Crippen LogP contribution in [-0.2, 0) is 17.9 Å². The highest BCUT2D eigenvalue weighted by Gasteiger charge is 2.19. The Balaban J connectivity index is 1.75. The van der Waals surface area contributed by atoms with Crippen LogP contribution in [0.15, 0.2) is 39.2 Å². The summed E-state index contributed by atoms with van der Waals surface area (Å²) >= 11 is 1.30. The molecule has 3 heterocycles. The molecule has 0 aliphatic rings. The van der Waals surface area contributed by atoms with E-state index in [2.05, 4.69) is 10.4 Å². The largest absolute Gasteiger partial charge is 0.352 e. The van der Waals surface area contributed by atoms with Crippen molar-refractivity contribution < 1.29 is 4.79 Å². The molecular formula is C21H23N5O3S. The summed E-state index contributed by atoms with van der Waals surface area (Å²) in [7, 11) is 0. The van der Waals surface area contributed by atoms with Gasteiger partial charge in [0.15, 0.2) is 0 Å². The number of benzene rings is 1. The minimum absolute atomic E-state index is 0.155. The van der Waals surface area contributed by atoms with Crippen LogP contribution in [0.25, 0.3) is 16.0 Å². The molecule has 0 radical (unpaired) electrons. The molecular weight excluding hydrogens is 402 g/mol. The van der Waals surface area contributed by atoms with Crippen molar-refractivity contribution in [1.82, 2.24) is 18.7 Å². The van der Waals surface area contributed by atoms with Gasteiger partial charge >= 0.3 is 5.69 Å². The van der Waals surface area contributed by atoms with Crippen LogP contribution in [-0.4, -0.2) is 24.7 Å². The molecule has 0 aliphatic heterocycles. The molecule has 1 N–H and O–H groups in total. The van der Waals surface area contributed by atoms with Crippen LogP contribution in [0.2, 0.25) is 0 Å². The van der Waals surface area contributed by atoms with E-state index in [-0.39, 0.29) is 23.8 Å². The summed E-state index contributed by atoms with van der Waals surface area (Å²) in [6, 6.07) is 7.47. The number of aryl methyl sites for hydroxylation is 3. The lowest BCUT2D eigenvalue weighted by atomic mass is 10.1. The topological polar surface area (TPSA) is 90.4 Å². The van der Waals surface area contributed by atoms with Crippen LogP contribution < -0.4 is 16.6 Å². The predicted octanol–water partition coefficient (Wildman–Crippen LogP) is 2.93. The standard InChI is InChI=1S/C21H23N5O3S/c1-4-5-9-24-19(28)18-16(8-10-30-18)26-20(24)23-25(21(26)29)12-17(27)22-15-7-6-13(2)11-14(15)3/h6-8,10-11H,4-5,9,12H2,1-3H3,(H,22,27). The third kappa shape index (κ3) is 3.45. The zero-order valence-corrected chi connectivity index (χ0v) is 18.0. The predicted molar refractivity (Wildman–Crippen MR) is 119 cm³/mol. The second kappa shape index (κ2) is 7.91. The number of amides is 1. The third-order valence-electron chi connectivity index (χ3n) is 5.07. The Hall–Kier alpha value is -3.20. The summed E-state index contributed by atoms with van der Waals surface area (Å²) in [4.78, 5) is 38.5. The minimum atomic E-state index is -0.436. The number of thiophene rings is 1. The number of nitrogens with zero attached hydrogens (tertiary/aromatic N) is 4. The molecule has 4 rings (SSSR count). The monoisotopic (exact) mass is 425 g/mol. The van der Waals surface area contributed by atoms with Crippen LogP contribution in [0.3, 0.4) is 0 Å². The molecule has 0 atom stereocenters. The van der Waals surface area contributed by atoms with E-state index in [4.69, 9.17) is 0 Å². The number of carbonyl (C=O) groups excluding carboxylic acids is 1. The van der Waals surface area contributed by atoms with Gasteiger partial charge in [0.1, 0.15) is 11.2 Å². The lowest BCUT2D eigenvalue weighted by Gasteiger charge is -2.08. The summed E-state index contributed by atoms with van der Waals surface area (Å²) in [5, 5.41) is 8.97. The first-order valence-corrected chi connectivity index (χ1v) is 10.8. The molecule has 0 saturated heterocycles. The first-order valence-electron chi connectivity index (χ1n) is 9.87. The Morgan fingerprint density at radius 3 is 2.73 bits per heavy atom. The summed E-state index contributed by atoms with van der Waals surface area (Å²) < 4.78 is 4.59. The number of hydrogen-bond donors (Lipinski definition) is 1. The molecule has 0 aliphatic carbocycles. The number of nitrogens with one attached hydrogen (secondary N) is 1. The fourth-order valence-electron chi connectivity index (χ4n) is 3.53. The van der Waals surface area contributed by atoms with Crippen LogP contribution >= 0.6 is 11.3 Å². The normalized spacial score (nSPS) is 11.4. The summed E-state index contributed by atoms with van der Waals surface area (Å²) in [6.45, 7) is 6.17. The highest BCUT2D eigenvalue weighted by Crippen LogP contribution is 2.18. The summed E-state index contributed by atoms with van der Waals surface area (Å²) in [6.07, 6.45) is 1.70. The Kier molecular flexibility index (Phi) is 5.29. The zero-order chi connectivity index (χ0) is 21.4. The van der Waals surface area contributed by atoms with Crippen molar-refractivity contribution in [3.05, 3.63) is 61.6 Å². The molecule has 8 nitrogen and oxygen atoms in total. The molecule has 30 heavy (non-hydrogen) atoms. The van der Waals surface area contributed by atoms with E-state index < -0.39 is 5.69 Å². The second-order valence-electron chi connectivity index (χ2n) is 7.39. The van der Waals surface area contributed by atoms with E-state index in [1.165, 1.54) is 20.3 Å². The number of aromatic nitrogens is 4. The van der Waals surface area contributed by atoms with Crippen molar-refractivity contribution >= 4 is 38.9 Å². The van der Waals surface area contributed by atoms with E-state index in [1.54, 1.807) is 11.4 Å². The fraction of sp³-hybridized carbons (Fsp3) is 0.333. The average Bonchev–Trinajstić information content (AvgIpc) is 3.30. The van der Waals surface area contributed by atoms with Crippen LogP contribution in [0, 0.1) is 13.8 Å². The van der Waals surface area contributed by atoms with Gasteiger partial charge in [0.05, 0.1) is 5.52 Å². The molecule has 0 fully saturated rings. The van der Waals surface area contributed by atoms with Crippen molar-refractivity contribution in [2.45, 2.75) is 46.7 Å². The van der Waals surface area contributed by atoms with Gasteiger partial charge < -0.3 is 5.32 Å². The number of fused-ring (bicyclic) bond motifs is 3. The van der Waals surface area contributed by atoms with Crippen LogP contribution in [0.4, 0.5) is 5.69 Å². The molecule has 3 aromatic heterocycles. The zero-order valence-electron chi connectivity index (χ0n) is 17.1. The smallest absolute Gasteiger partial charge is 0.324 e. The molecule has 0 unspecified atom stereocenters.